The van der Waals surface area contributed by atoms with Gasteiger partial charge in [-0.1, -0.05) is 37.5 Å². The number of rotatable bonds is 3. The third-order valence-electron chi connectivity index (χ3n) is 4.81. The molecule has 0 aliphatic heterocycles. The molecule has 0 spiro atoms. The monoisotopic (exact) mass is 270 g/mol. The summed E-state index contributed by atoms with van der Waals surface area (Å²) in [6.45, 7) is 0.546. The van der Waals surface area contributed by atoms with Crippen molar-refractivity contribution in [2.24, 2.45) is 11.1 Å². The Hall–Kier alpha value is -1.45. The van der Waals surface area contributed by atoms with Gasteiger partial charge >= 0.3 is 0 Å². The van der Waals surface area contributed by atoms with Crippen LogP contribution in [0.1, 0.15) is 43.8 Å². The number of para-hydroxylation sites is 1. The Morgan fingerprint density at radius 1 is 1.15 bits per heavy atom. The Morgan fingerprint density at radius 3 is 2.65 bits per heavy atom. The number of aliphatic hydroxyl groups is 1. The van der Waals surface area contributed by atoms with Crippen LogP contribution in [-0.4, -0.2) is 16.6 Å². The van der Waals surface area contributed by atoms with Gasteiger partial charge in [0.05, 0.1) is 11.6 Å². The zero-order valence-electron chi connectivity index (χ0n) is 11.8. The summed E-state index contributed by atoms with van der Waals surface area (Å²) >= 11 is 0. The third-order valence-corrected chi connectivity index (χ3v) is 4.81. The van der Waals surface area contributed by atoms with Gasteiger partial charge in [0.2, 0.25) is 0 Å². The topological polar surface area (TPSA) is 59.1 Å². The summed E-state index contributed by atoms with van der Waals surface area (Å²) in [7, 11) is 0. The van der Waals surface area contributed by atoms with E-state index >= 15 is 0 Å². The van der Waals surface area contributed by atoms with Crippen molar-refractivity contribution in [2.75, 3.05) is 6.54 Å². The van der Waals surface area contributed by atoms with Gasteiger partial charge in [-0.2, -0.15) is 0 Å². The van der Waals surface area contributed by atoms with Gasteiger partial charge in [0.25, 0.3) is 0 Å². The molecule has 3 N–H and O–H groups in total. The smallest absolute Gasteiger partial charge is 0.0865 e. The molecule has 3 nitrogen and oxygen atoms in total. The molecule has 0 amide bonds. The SMILES string of the molecule is NCC1(C(O)c2ccnc3ccccc23)CCCCC1. The van der Waals surface area contributed by atoms with E-state index in [-0.39, 0.29) is 5.41 Å². The molecule has 1 aromatic carbocycles. The second kappa shape index (κ2) is 5.51. The highest BCUT2D eigenvalue weighted by Gasteiger charge is 2.39. The van der Waals surface area contributed by atoms with Crippen LogP contribution in [0.2, 0.25) is 0 Å². The fourth-order valence-electron chi connectivity index (χ4n) is 3.53. The molecule has 20 heavy (non-hydrogen) atoms. The normalized spacial score (nSPS) is 19.9. The van der Waals surface area contributed by atoms with Crippen molar-refractivity contribution in [1.82, 2.24) is 4.98 Å². The first-order valence-corrected chi connectivity index (χ1v) is 7.49. The maximum atomic E-state index is 11.0. The Morgan fingerprint density at radius 2 is 1.90 bits per heavy atom. The van der Waals surface area contributed by atoms with Crippen LogP contribution in [-0.2, 0) is 0 Å². The molecular formula is C17H22N2O. The molecule has 0 radical (unpaired) electrons. The first kappa shape index (κ1) is 13.5. The van der Waals surface area contributed by atoms with E-state index in [2.05, 4.69) is 4.98 Å². The molecule has 1 heterocycles. The van der Waals surface area contributed by atoms with Crippen LogP contribution in [0.3, 0.4) is 0 Å². The van der Waals surface area contributed by atoms with E-state index in [0.717, 1.165) is 42.1 Å². The number of aromatic nitrogens is 1. The highest BCUT2D eigenvalue weighted by atomic mass is 16.3. The van der Waals surface area contributed by atoms with Crippen LogP contribution < -0.4 is 5.73 Å². The lowest BCUT2D eigenvalue weighted by atomic mass is 9.68. The lowest BCUT2D eigenvalue weighted by Gasteiger charge is -2.40. The van der Waals surface area contributed by atoms with Crippen molar-refractivity contribution in [2.45, 2.75) is 38.2 Å². The van der Waals surface area contributed by atoms with Crippen LogP contribution in [0.25, 0.3) is 10.9 Å². The van der Waals surface area contributed by atoms with E-state index in [1.807, 2.05) is 30.3 Å². The molecular weight excluding hydrogens is 248 g/mol. The number of hydrogen-bond donors (Lipinski definition) is 2. The van der Waals surface area contributed by atoms with Crippen LogP contribution in [0.15, 0.2) is 36.5 Å². The Kier molecular flexibility index (Phi) is 3.72. The molecule has 1 atom stereocenters. The molecule has 3 heteroatoms. The zero-order valence-corrected chi connectivity index (χ0v) is 11.8. The standard InChI is InChI=1S/C17H22N2O/c18-12-17(9-4-1-5-10-17)16(20)14-8-11-19-15-7-3-2-6-13(14)15/h2-3,6-8,11,16,20H,1,4-5,9-10,12,18H2. The largest absolute Gasteiger partial charge is 0.388 e. The van der Waals surface area contributed by atoms with Crippen LogP contribution >= 0.6 is 0 Å². The summed E-state index contributed by atoms with van der Waals surface area (Å²) in [6.07, 6.45) is 6.90. The molecule has 3 rings (SSSR count). The van der Waals surface area contributed by atoms with Crippen molar-refractivity contribution >= 4 is 10.9 Å². The molecule has 106 valence electrons. The van der Waals surface area contributed by atoms with Crippen LogP contribution in [0, 0.1) is 5.41 Å². The maximum absolute atomic E-state index is 11.0. The predicted molar refractivity (Wildman–Crippen MR) is 81.3 cm³/mol. The van der Waals surface area contributed by atoms with E-state index < -0.39 is 6.10 Å². The average Bonchev–Trinajstić information content (AvgIpc) is 2.54. The van der Waals surface area contributed by atoms with Gasteiger partial charge in [0, 0.05) is 23.5 Å². The Bertz CT molecular complexity index is 585. The highest BCUT2D eigenvalue weighted by molar-refractivity contribution is 5.82. The summed E-state index contributed by atoms with van der Waals surface area (Å²) < 4.78 is 0. The number of benzene rings is 1. The number of fused-ring (bicyclic) bond motifs is 1. The minimum absolute atomic E-state index is 0.164. The molecule has 1 saturated carbocycles. The number of nitrogens with zero attached hydrogens (tertiary/aromatic N) is 1. The van der Waals surface area contributed by atoms with Gasteiger partial charge in [0.1, 0.15) is 0 Å². The van der Waals surface area contributed by atoms with Crippen LogP contribution in [0.4, 0.5) is 0 Å². The molecule has 0 bridgehead atoms. The minimum Gasteiger partial charge on any atom is -0.388 e. The lowest BCUT2D eigenvalue weighted by Crippen LogP contribution is -2.38. The summed E-state index contributed by atoms with van der Waals surface area (Å²) in [6, 6.07) is 9.94. The second-order valence-corrected chi connectivity index (χ2v) is 5.95. The molecule has 2 aromatic rings. The second-order valence-electron chi connectivity index (χ2n) is 5.95. The van der Waals surface area contributed by atoms with Gasteiger partial charge in [-0.05, 0) is 30.5 Å². The number of pyridine rings is 1. The number of aliphatic hydroxyl groups excluding tert-OH is 1. The van der Waals surface area contributed by atoms with Crippen molar-refractivity contribution in [3.05, 3.63) is 42.1 Å². The van der Waals surface area contributed by atoms with Crippen molar-refractivity contribution < 1.29 is 5.11 Å². The summed E-state index contributed by atoms with van der Waals surface area (Å²) in [5, 5.41) is 12.0. The van der Waals surface area contributed by atoms with Gasteiger partial charge < -0.3 is 10.8 Å². The van der Waals surface area contributed by atoms with E-state index in [1.165, 1.54) is 6.42 Å². The molecule has 1 fully saturated rings. The van der Waals surface area contributed by atoms with E-state index in [0.29, 0.717) is 6.54 Å². The van der Waals surface area contributed by atoms with E-state index in [4.69, 9.17) is 5.73 Å². The molecule has 1 unspecified atom stereocenters. The summed E-state index contributed by atoms with van der Waals surface area (Å²) in [5.74, 6) is 0. The molecule has 0 saturated heterocycles. The van der Waals surface area contributed by atoms with Gasteiger partial charge in [-0.25, -0.2) is 0 Å². The maximum Gasteiger partial charge on any atom is 0.0865 e. The number of hydrogen-bond acceptors (Lipinski definition) is 3. The summed E-state index contributed by atoms with van der Waals surface area (Å²) in [4.78, 5) is 4.38. The first-order chi connectivity index (χ1) is 9.77. The van der Waals surface area contributed by atoms with Gasteiger partial charge in [-0.3, -0.25) is 4.98 Å². The predicted octanol–water partition coefficient (Wildman–Crippen LogP) is 3.18. The minimum atomic E-state index is -0.499. The fourth-order valence-corrected chi connectivity index (χ4v) is 3.53. The first-order valence-electron chi connectivity index (χ1n) is 7.49. The lowest BCUT2D eigenvalue weighted by molar-refractivity contribution is 0.00164. The molecule has 1 aliphatic rings. The number of nitrogens with two attached hydrogens (primary N) is 1. The fraction of sp³-hybridized carbons (Fsp3) is 0.471. The van der Waals surface area contributed by atoms with Gasteiger partial charge in [-0.15, -0.1) is 0 Å². The van der Waals surface area contributed by atoms with E-state index in [1.54, 1.807) is 6.20 Å². The average molecular weight is 270 g/mol. The van der Waals surface area contributed by atoms with Gasteiger partial charge in [0.15, 0.2) is 0 Å². The highest BCUT2D eigenvalue weighted by Crippen LogP contribution is 2.46. The van der Waals surface area contributed by atoms with Crippen molar-refractivity contribution in [3.63, 3.8) is 0 Å². The third kappa shape index (κ3) is 2.21. The Balaban J connectivity index is 2.05. The Labute approximate surface area is 119 Å². The molecule has 1 aromatic heterocycles. The van der Waals surface area contributed by atoms with Crippen LogP contribution in [0.5, 0.6) is 0 Å². The quantitative estimate of drug-likeness (QED) is 0.900. The van der Waals surface area contributed by atoms with E-state index in [9.17, 15) is 5.11 Å². The van der Waals surface area contributed by atoms with Crippen molar-refractivity contribution in [3.8, 4) is 0 Å². The zero-order chi connectivity index (χ0) is 14.0. The van der Waals surface area contributed by atoms with Crippen molar-refractivity contribution in [1.29, 1.82) is 0 Å². The summed E-state index contributed by atoms with van der Waals surface area (Å²) in [5.41, 5.74) is 7.79. The molecule has 1 aliphatic carbocycles.